The molecule has 0 saturated carbocycles. The summed E-state index contributed by atoms with van der Waals surface area (Å²) in [6, 6.07) is 12.5. The number of rotatable bonds is 7. The lowest BCUT2D eigenvalue weighted by molar-refractivity contribution is -0.116. The van der Waals surface area contributed by atoms with E-state index in [-0.39, 0.29) is 11.3 Å². The smallest absolute Gasteiger partial charge is 0.266 e. The first-order valence-electron chi connectivity index (χ1n) is 8.41. The average molecular weight is 384 g/mol. The van der Waals surface area contributed by atoms with Crippen LogP contribution in [0.2, 0.25) is 0 Å². The highest BCUT2D eigenvalue weighted by atomic mass is 32.2. The maximum atomic E-state index is 13.2. The van der Waals surface area contributed by atoms with E-state index in [2.05, 4.69) is 4.98 Å². The van der Waals surface area contributed by atoms with Gasteiger partial charge in [0.1, 0.15) is 5.78 Å². The standard InChI is InChI=1S/C20H20N2O4S/c1-13(23)10-11-27-20-21-16-7-5-4-6-15(16)19(24)22(20)14-8-9-17(25-2)18(12-14)26-3/h4-9,12H,10-11H2,1-3H3. The van der Waals surface area contributed by atoms with Crippen LogP contribution < -0.4 is 15.0 Å². The van der Waals surface area contributed by atoms with Crippen molar-refractivity contribution in [3.8, 4) is 17.2 Å². The highest BCUT2D eigenvalue weighted by Crippen LogP contribution is 2.30. The van der Waals surface area contributed by atoms with Crippen molar-refractivity contribution in [1.82, 2.24) is 9.55 Å². The van der Waals surface area contributed by atoms with Gasteiger partial charge in [0.05, 0.1) is 30.8 Å². The van der Waals surface area contributed by atoms with Crippen molar-refractivity contribution in [2.75, 3.05) is 20.0 Å². The Kier molecular flexibility index (Phi) is 5.81. The average Bonchev–Trinajstić information content (AvgIpc) is 2.67. The molecule has 0 spiro atoms. The van der Waals surface area contributed by atoms with Crippen molar-refractivity contribution < 1.29 is 14.3 Å². The van der Waals surface area contributed by atoms with Crippen molar-refractivity contribution in [2.45, 2.75) is 18.5 Å². The fourth-order valence-electron chi connectivity index (χ4n) is 2.69. The summed E-state index contributed by atoms with van der Waals surface area (Å²) in [5, 5.41) is 1.07. The van der Waals surface area contributed by atoms with Crippen LogP contribution in [0.25, 0.3) is 16.6 Å². The maximum Gasteiger partial charge on any atom is 0.266 e. The predicted octanol–water partition coefficient (Wildman–Crippen LogP) is 3.47. The summed E-state index contributed by atoms with van der Waals surface area (Å²) in [5.41, 5.74) is 1.09. The molecule has 0 aliphatic rings. The molecule has 140 valence electrons. The van der Waals surface area contributed by atoms with Gasteiger partial charge >= 0.3 is 0 Å². The number of hydrogen-bond acceptors (Lipinski definition) is 6. The van der Waals surface area contributed by atoms with Crippen LogP contribution in [0.4, 0.5) is 0 Å². The summed E-state index contributed by atoms with van der Waals surface area (Å²) in [6.07, 6.45) is 0.416. The van der Waals surface area contributed by atoms with Crippen LogP contribution in [0.3, 0.4) is 0 Å². The zero-order chi connectivity index (χ0) is 19.4. The first-order chi connectivity index (χ1) is 13.0. The number of nitrogens with zero attached hydrogens (tertiary/aromatic N) is 2. The molecule has 0 fully saturated rings. The number of fused-ring (bicyclic) bond motifs is 1. The lowest BCUT2D eigenvalue weighted by atomic mass is 10.2. The van der Waals surface area contributed by atoms with Crippen LogP contribution in [0.1, 0.15) is 13.3 Å². The molecule has 27 heavy (non-hydrogen) atoms. The summed E-state index contributed by atoms with van der Waals surface area (Å²) in [6.45, 7) is 1.55. The number of para-hydroxylation sites is 1. The minimum atomic E-state index is -0.168. The Bertz CT molecular complexity index is 1050. The van der Waals surface area contributed by atoms with E-state index in [4.69, 9.17) is 9.47 Å². The molecule has 1 heterocycles. The van der Waals surface area contributed by atoms with Gasteiger partial charge in [-0.1, -0.05) is 23.9 Å². The van der Waals surface area contributed by atoms with Gasteiger partial charge < -0.3 is 9.47 Å². The third kappa shape index (κ3) is 3.98. The number of ketones is 1. The summed E-state index contributed by atoms with van der Waals surface area (Å²) in [5.74, 6) is 1.75. The van der Waals surface area contributed by atoms with Crippen molar-refractivity contribution in [3.05, 3.63) is 52.8 Å². The number of benzene rings is 2. The molecular formula is C20H20N2O4S. The molecule has 0 radical (unpaired) electrons. The molecular weight excluding hydrogens is 364 g/mol. The van der Waals surface area contributed by atoms with Gasteiger partial charge in [-0.05, 0) is 31.2 Å². The summed E-state index contributed by atoms with van der Waals surface area (Å²) >= 11 is 1.38. The van der Waals surface area contributed by atoms with Crippen molar-refractivity contribution >= 4 is 28.4 Å². The molecule has 7 heteroatoms. The van der Waals surface area contributed by atoms with E-state index in [1.54, 1.807) is 50.0 Å². The Morgan fingerprint density at radius 1 is 1.11 bits per heavy atom. The summed E-state index contributed by atoms with van der Waals surface area (Å²) in [7, 11) is 3.11. The highest BCUT2D eigenvalue weighted by molar-refractivity contribution is 7.99. The first kappa shape index (κ1) is 19.0. The summed E-state index contributed by atoms with van der Waals surface area (Å²) in [4.78, 5) is 29.1. The fourth-order valence-corrected chi connectivity index (χ4v) is 3.74. The second-order valence-electron chi connectivity index (χ2n) is 5.89. The predicted molar refractivity (Wildman–Crippen MR) is 106 cm³/mol. The zero-order valence-corrected chi connectivity index (χ0v) is 16.2. The number of carbonyl (C=O) groups excluding carboxylic acids is 1. The zero-order valence-electron chi connectivity index (χ0n) is 15.4. The fraction of sp³-hybridized carbons (Fsp3) is 0.250. The number of hydrogen-bond donors (Lipinski definition) is 0. The van der Waals surface area contributed by atoms with Gasteiger partial charge in [0.15, 0.2) is 16.7 Å². The molecule has 0 unspecified atom stereocenters. The Labute approximate surface area is 161 Å². The van der Waals surface area contributed by atoms with E-state index >= 15 is 0 Å². The molecule has 0 saturated heterocycles. The van der Waals surface area contributed by atoms with Gasteiger partial charge in [0, 0.05) is 18.2 Å². The molecule has 6 nitrogen and oxygen atoms in total. The number of aromatic nitrogens is 2. The minimum absolute atomic E-state index is 0.100. The van der Waals surface area contributed by atoms with Gasteiger partial charge in [-0.2, -0.15) is 0 Å². The largest absolute Gasteiger partial charge is 0.493 e. The maximum absolute atomic E-state index is 13.2. The van der Waals surface area contributed by atoms with Crippen molar-refractivity contribution in [2.24, 2.45) is 0 Å². The molecule has 0 atom stereocenters. The van der Waals surface area contributed by atoms with Crippen LogP contribution in [0, 0.1) is 0 Å². The van der Waals surface area contributed by atoms with Crippen LogP contribution in [0.15, 0.2) is 52.4 Å². The van der Waals surface area contributed by atoms with E-state index in [0.717, 1.165) is 0 Å². The highest BCUT2D eigenvalue weighted by Gasteiger charge is 2.15. The lowest BCUT2D eigenvalue weighted by Gasteiger charge is -2.15. The van der Waals surface area contributed by atoms with Crippen LogP contribution in [-0.4, -0.2) is 35.3 Å². The third-order valence-corrected chi connectivity index (χ3v) is 5.00. The molecule has 0 bridgehead atoms. The normalized spacial score (nSPS) is 10.8. The van der Waals surface area contributed by atoms with Crippen molar-refractivity contribution in [3.63, 3.8) is 0 Å². The first-order valence-corrected chi connectivity index (χ1v) is 9.40. The lowest BCUT2D eigenvalue weighted by Crippen LogP contribution is -2.22. The van der Waals surface area contributed by atoms with Crippen LogP contribution in [-0.2, 0) is 4.79 Å². The van der Waals surface area contributed by atoms with E-state index in [1.807, 2.05) is 18.2 Å². The van der Waals surface area contributed by atoms with Gasteiger partial charge in [-0.3, -0.25) is 14.2 Å². The number of carbonyl (C=O) groups is 1. The Morgan fingerprint density at radius 3 is 2.56 bits per heavy atom. The molecule has 0 aliphatic heterocycles. The SMILES string of the molecule is COc1ccc(-n2c(SCCC(C)=O)nc3ccccc3c2=O)cc1OC. The Morgan fingerprint density at radius 2 is 1.85 bits per heavy atom. The van der Waals surface area contributed by atoms with Gasteiger partial charge in [-0.25, -0.2) is 4.98 Å². The monoisotopic (exact) mass is 384 g/mol. The van der Waals surface area contributed by atoms with E-state index in [9.17, 15) is 9.59 Å². The van der Waals surface area contributed by atoms with E-state index in [1.165, 1.54) is 11.8 Å². The topological polar surface area (TPSA) is 70.4 Å². The molecule has 1 aromatic heterocycles. The summed E-state index contributed by atoms with van der Waals surface area (Å²) < 4.78 is 12.2. The van der Waals surface area contributed by atoms with Gasteiger partial charge in [0.2, 0.25) is 0 Å². The molecule has 3 aromatic rings. The van der Waals surface area contributed by atoms with Gasteiger partial charge in [0.25, 0.3) is 5.56 Å². The molecule has 0 N–H and O–H groups in total. The quantitative estimate of drug-likeness (QED) is 0.459. The van der Waals surface area contributed by atoms with E-state index < -0.39 is 0 Å². The molecule has 0 amide bonds. The molecule has 3 rings (SSSR count). The van der Waals surface area contributed by atoms with Crippen LogP contribution >= 0.6 is 11.8 Å². The molecule has 2 aromatic carbocycles. The Hall–Kier alpha value is -2.80. The number of methoxy groups -OCH3 is 2. The second-order valence-corrected chi connectivity index (χ2v) is 6.95. The molecule has 0 aliphatic carbocycles. The van der Waals surface area contributed by atoms with Crippen molar-refractivity contribution in [1.29, 1.82) is 0 Å². The second kappa shape index (κ2) is 8.26. The van der Waals surface area contributed by atoms with Crippen LogP contribution in [0.5, 0.6) is 11.5 Å². The third-order valence-electron chi connectivity index (χ3n) is 4.06. The minimum Gasteiger partial charge on any atom is -0.493 e. The number of Topliss-reactive ketones (excluding diaryl/α,β-unsaturated/α-hetero) is 1. The number of thioether (sulfide) groups is 1. The van der Waals surface area contributed by atoms with Gasteiger partial charge in [-0.15, -0.1) is 0 Å². The number of ether oxygens (including phenoxy) is 2. The van der Waals surface area contributed by atoms with E-state index in [0.29, 0.717) is 45.4 Å². The Balaban J connectivity index is 2.18.